The van der Waals surface area contributed by atoms with Gasteiger partial charge in [0.2, 0.25) is 11.8 Å². The molecule has 7 unspecified atom stereocenters. The maximum atomic E-state index is 13.5. The number of nitrogens with one attached hydrogen (secondary N) is 1. The van der Waals surface area contributed by atoms with Crippen LogP contribution in [0.15, 0.2) is 23.8 Å². The SMILES string of the molecule is COCC(=O)N(CC1CCC2CC1C2(C)C)C1C=C(C(=O)NCCO)C2c3cc(CO)cc(OC)c3OC2C1O. The highest BCUT2D eigenvalue weighted by molar-refractivity contribution is 5.96. The number of amides is 2. The average Bonchev–Trinajstić information content (AvgIpc) is 3.34. The Morgan fingerprint density at radius 1 is 1.20 bits per heavy atom. The molecule has 0 aromatic heterocycles. The highest BCUT2D eigenvalue weighted by Crippen LogP contribution is 2.61. The van der Waals surface area contributed by atoms with Crippen molar-refractivity contribution in [1.29, 1.82) is 0 Å². The van der Waals surface area contributed by atoms with E-state index in [-0.39, 0.29) is 43.6 Å². The number of benzene rings is 1. The van der Waals surface area contributed by atoms with Crippen molar-refractivity contribution in [3.05, 3.63) is 34.9 Å². The lowest BCUT2D eigenvalue weighted by Gasteiger charge is -2.61. The van der Waals surface area contributed by atoms with Gasteiger partial charge in [0, 0.05) is 31.3 Å². The summed E-state index contributed by atoms with van der Waals surface area (Å²) in [6.07, 6.45) is 2.96. The summed E-state index contributed by atoms with van der Waals surface area (Å²) in [5, 5.41) is 33.7. The van der Waals surface area contributed by atoms with Gasteiger partial charge >= 0.3 is 0 Å². The molecule has 1 aliphatic heterocycles. The normalized spacial score (nSPS) is 31.2. The molecule has 0 spiro atoms. The number of carbonyl (C=O) groups is 2. The van der Waals surface area contributed by atoms with Gasteiger partial charge in [0.15, 0.2) is 11.5 Å². The molecule has 4 N–H and O–H groups in total. The molecule has 3 fully saturated rings. The van der Waals surface area contributed by atoms with E-state index in [4.69, 9.17) is 14.2 Å². The van der Waals surface area contributed by atoms with Crippen molar-refractivity contribution >= 4 is 11.8 Å². The zero-order valence-electron chi connectivity index (χ0n) is 23.8. The molecule has 1 aromatic carbocycles. The maximum Gasteiger partial charge on any atom is 0.249 e. The number of methoxy groups -OCH3 is 2. The molecule has 5 aliphatic rings. The number of ether oxygens (including phenoxy) is 3. The largest absolute Gasteiger partial charge is 0.493 e. The van der Waals surface area contributed by atoms with E-state index in [1.54, 1.807) is 23.1 Å². The number of rotatable bonds is 10. The molecule has 2 amide bonds. The van der Waals surface area contributed by atoms with Crippen LogP contribution in [0, 0.1) is 23.2 Å². The van der Waals surface area contributed by atoms with E-state index in [2.05, 4.69) is 19.2 Å². The number of hydrogen-bond donors (Lipinski definition) is 4. The van der Waals surface area contributed by atoms with Gasteiger partial charge in [-0.25, -0.2) is 0 Å². The van der Waals surface area contributed by atoms with Crippen LogP contribution in [0.3, 0.4) is 0 Å². The van der Waals surface area contributed by atoms with Gasteiger partial charge in [-0.05, 0) is 66.2 Å². The first-order chi connectivity index (χ1) is 19.2. The van der Waals surface area contributed by atoms with Crippen molar-refractivity contribution in [2.75, 3.05) is 40.5 Å². The van der Waals surface area contributed by atoms with Crippen molar-refractivity contribution in [3.63, 3.8) is 0 Å². The van der Waals surface area contributed by atoms with Gasteiger partial charge < -0.3 is 39.7 Å². The molecule has 220 valence electrons. The minimum atomic E-state index is -1.14. The number of hydrogen-bond acceptors (Lipinski definition) is 8. The van der Waals surface area contributed by atoms with Gasteiger partial charge in [-0.15, -0.1) is 0 Å². The molecule has 10 heteroatoms. The summed E-state index contributed by atoms with van der Waals surface area (Å²) in [6, 6.07) is 2.60. The fourth-order valence-electron chi connectivity index (χ4n) is 7.65. The Morgan fingerprint density at radius 2 is 1.98 bits per heavy atom. The van der Waals surface area contributed by atoms with Gasteiger partial charge in [-0.1, -0.05) is 13.8 Å². The molecule has 10 nitrogen and oxygen atoms in total. The average molecular weight is 559 g/mol. The van der Waals surface area contributed by atoms with E-state index in [1.165, 1.54) is 14.2 Å². The van der Waals surface area contributed by atoms with Crippen LogP contribution in [-0.4, -0.2) is 90.8 Å². The predicted molar refractivity (Wildman–Crippen MR) is 146 cm³/mol. The fraction of sp³-hybridized carbons (Fsp3) is 0.667. The van der Waals surface area contributed by atoms with Crippen molar-refractivity contribution in [2.45, 2.75) is 63.9 Å². The molecule has 40 heavy (non-hydrogen) atoms. The minimum absolute atomic E-state index is 0.0564. The molecule has 6 rings (SSSR count). The van der Waals surface area contributed by atoms with E-state index in [1.807, 2.05) is 0 Å². The topological polar surface area (TPSA) is 138 Å². The third-order valence-electron chi connectivity index (χ3n) is 9.88. The van der Waals surface area contributed by atoms with Crippen LogP contribution in [0.1, 0.15) is 50.2 Å². The molecule has 0 radical (unpaired) electrons. The molecule has 3 saturated carbocycles. The molecule has 1 aromatic rings. The standard InChI is InChI=1S/C30H42N2O8/c1-30(2)18-6-5-17(21(30)11-18)13-32(24(35)15-38-3)22-12-20(29(37)31-7-8-33)25-19-9-16(14-34)10-23(39-4)27(19)40-28(25)26(22)36/h9-10,12,17-18,21-22,25-26,28,33-34,36H,5-8,11,13-15H2,1-4H3,(H,31,37). The molecule has 7 atom stereocenters. The maximum absolute atomic E-state index is 13.5. The molecule has 1 heterocycles. The Bertz CT molecular complexity index is 1160. The smallest absolute Gasteiger partial charge is 0.249 e. The lowest BCUT2D eigenvalue weighted by Crippen LogP contribution is -2.60. The van der Waals surface area contributed by atoms with Gasteiger partial charge in [0.25, 0.3) is 0 Å². The first-order valence-electron chi connectivity index (χ1n) is 14.2. The number of aliphatic hydroxyl groups excluding tert-OH is 3. The first-order valence-corrected chi connectivity index (χ1v) is 14.2. The molecular formula is C30H42N2O8. The molecule has 0 saturated heterocycles. The van der Waals surface area contributed by atoms with Gasteiger partial charge in [0.05, 0.1) is 32.3 Å². The predicted octanol–water partition coefficient (Wildman–Crippen LogP) is 1.36. The van der Waals surface area contributed by atoms with Crippen molar-refractivity contribution < 1.29 is 39.1 Å². The Hall–Kier alpha value is -2.66. The van der Waals surface area contributed by atoms with Crippen LogP contribution < -0.4 is 14.8 Å². The Balaban J connectivity index is 1.55. The van der Waals surface area contributed by atoms with E-state index in [0.717, 1.165) is 19.3 Å². The van der Waals surface area contributed by atoms with E-state index in [9.17, 15) is 24.9 Å². The summed E-state index contributed by atoms with van der Waals surface area (Å²) in [5.41, 5.74) is 1.77. The highest BCUT2D eigenvalue weighted by Gasteiger charge is 2.56. The molecule has 2 bridgehead atoms. The Kier molecular flexibility index (Phi) is 8.16. The highest BCUT2D eigenvalue weighted by atomic mass is 16.5. The summed E-state index contributed by atoms with van der Waals surface area (Å²) in [6.45, 7) is 4.51. The Labute approximate surface area is 235 Å². The van der Waals surface area contributed by atoms with Crippen LogP contribution in [0.4, 0.5) is 0 Å². The van der Waals surface area contributed by atoms with Crippen LogP contribution >= 0.6 is 0 Å². The minimum Gasteiger partial charge on any atom is -0.493 e. The van der Waals surface area contributed by atoms with E-state index < -0.39 is 30.1 Å². The third-order valence-corrected chi connectivity index (χ3v) is 9.88. The van der Waals surface area contributed by atoms with Crippen molar-refractivity contribution in [3.8, 4) is 11.5 Å². The second-order valence-electron chi connectivity index (χ2n) is 12.2. The number of aliphatic hydroxyl groups is 3. The first kappa shape index (κ1) is 28.9. The second kappa shape index (κ2) is 11.3. The summed E-state index contributed by atoms with van der Waals surface area (Å²) in [7, 11) is 2.96. The van der Waals surface area contributed by atoms with E-state index in [0.29, 0.717) is 46.6 Å². The zero-order valence-corrected chi connectivity index (χ0v) is 23.8. The van der Waals surface area contributed by atoms with E-state index >= 15 is 0 Å². The summed E-state index contributed by atoms with van der Waals surface area (Å²) < 4.78 is 17.1. The Morgan fingerprint density at radius 3 is 2.60 bits per heavy atom. The van der Waals surface area contributed by atoms with Gasteiger partial charge in [-0.3, -0.25) is 9.59 Å². The van der Waals surface area contributed by atoms with Gasteiger partial charge in [0.1, 0.15) is 18.8 Å². The quantitative estimate of drug-likeness (QED) is 0.338. The van der Waals surface area contributed by atoms with Crippen LogP contribution in [-0.2, 0) is 20.9 Å². The number of fused-ring (bicyclic) bond motifs is 5. The fourth-order valence-corrected chi connectivity index (χ4v) is 7.65. The zero-order chi connectivity index (χ0) is 28.8. The summed E-state index contributed by atoms with van der Waals surface area (Å²) in [5.74, 6) is 0.953. The van der Waals surface area contributed by atoms with Gasteiger partial charge in [-0.2, -0.15) is 0 Å². The monoisotopic (exact) mass is 558 g/mol. The summed E-state index contributed by atoms with van der Waals surface area (Å²) in [4.78, 5) is 28.7. The van der Waals surface area contributed by atoms with Crippen LogP contribution in [0.5, 0.6) is 11.5 Å². The summed E-state index contributed by atoms with van der Waals surface area (Å²) >= 11 is 0. The van der Waals surface area contributed by atoms with Crippen LogP contribution in [0.25, 0.3) is 0 Å². The lowest BCUT2D eigenvalue weighted by molar-refractivity contribution is -0.149. The lowest BCUT2D eigenvalue weighted by atomic mass is 9.45. The molecular weight excluding hydrogens is 516 g/mol. The van der Waals surface area contributed by atoms with Crippen molar-refractivity contribution in [1.82, 2.24) is 10.2 Å². The number of nitrogens with zero attached hydrogens (tertiary/aromatic N) is 1. The third kappa shape index (κ3) is 4.78. The van der Waals surface area contributed by atoms with Crippen molar-refractivity contribution in [2.24, 2.45) is 23.2 Å². The van der Waals surface area contributed by atoms with Crippen LogP contribution in [0.2, 0.25) is 0 Å². The second-order valence-corrected chi connectivity index (χ2v) is 12.2. The molecule has 4 aliphatic carbocycles. The number of carbonyl (C=O) groups excluding carboxylic acids is 2.